The maximum Gasteiger partial charge on any atom is 0.335 e. The number of carbonyl (C=O) groups is 2. The highest BCUT2D eigenvalue weighted by Gasteiger charge is 2.51. The number of ether oxygens (including phenoxy) is 3. The lowest BCUT2D eigenvalue weighted by molar-refractivity contribution is -0.140. The van der Waals surface area contributed by atoms with Crippen molar-refractivity contribution in [2.75, 3.05) is 40.5 Å². The van der Waals surface area contributed by atoms with Gasteiger partial charge in [-0.05, 0) is 74.7 Å². The fraction of sp³-hybridized carbons (Fsp3) is 0.462. The Balaban J connectivity index is 0.00000342. The first-order chi connectivity index (χ1) is 16.4. The number of benzene rings is 2. The number of amides is 1. The SMILES string of the molecule is COc1ccc(OCCN(C)C2(C(=O)NC3(c4ccc(C(=O)O)cc4)CC3)CCOCC2)cc1.Cl. The molecule has 4 rings (SSSR count). The topological polar surface area (TPSA) is 97.3 Å². The van der Waals surface area contributed by atoms with Crippen LogP contribution in [0.5, 0.6) is 11.5 Å². The van der Waals surface area contributed by atoms with E-state index in [2.05, 4.69) is 10.2 Å². The first kappa shape index (κ1) is 26.8. The number of carboxylic acid groups (broad SMARTS) is 1. The van der Waals surface area contributed by atoms with E-state index < -0.39 is 17.0 Å². The molecule has 1 saturated carbocycles. The molecular formula is C26H33ClN2O6. The summed E-state index contributed by atoms with van der Waals surface area (Å²) in [4.78, 5) is 27.0. The van der Waals surface area contributed by atoms with Crippen LogP contribution in [0.1, 0.15) is 41.6 Å². The van der Waals surface area contributed by atoms with Gasteiger partial charge < -0.3 is 24.6 Å². The Morgan fingerprint density at radius 2 is 1.60 bits per heavy atom. The standard InChI is InChI=1S/C26H32N2O6.ClH/c1-28(15-18-34-22-9-7-21(32-2)8-10-22)26(13-16-33-17-14-26)24(31)27-25(11-12-25)20-5-3-19(4-6-20)23(29)30;/h3-10H,11-18H2,1-2H3,(H,27,31)(H,29,30);1H. The molecule has 35 heavy (non-hydrogen) atoms. The van der Waals surface area contributed by atoms with Crippen molar-refractivity contribution < 1.29 is 28.9 Å². The average Bonchev–Trinajstić information content (AvgIpc) is 3.65. The van der Waals surface area contributed by atoms with Gasteiger partial charge in [0, 0.05) is 19.8 Å². The zero-order valence-electron chi connectivity index (χ0n) is 20.1. The summed E-state index contributed by atoms with van der Waals surface area (Å²) in [5.41, 5.74) is 0.0692. The van der Waals surface area contributed by atoms with Crippen molar-refractivity contribution in [2.24, 2.45) is 0 Å². The molecule has 1 aliphatic carbocycles. The van der Waals surface area contributed by atoms with E-state index in [1.807, 2.05) is 31.3 Å². The molecule has 9 heteroatoms. The molecule has 1 saturated heterocycles. The van der Waals surface area contributed by atoms with Crippen LogP contribution in [0.3, 0.4) is 0 Å². The number of carboxylic acids is 1. The van der Waals surface area contributed by atoms with Gasteiger partial charge in [-0.15, -0.1) is 12.4 Å². The van der Waals surface area contributed by atoms with Crippen molar-refractivity contribution in [2.45, 2.75) is 36.8 Å². The summed E-state index contributed by atoms with van der Waals surface area (Å²) in [6, 6.07) is 14.2. The molecule has 8 nitrogen and oxygen atoms in total. The van der Waals surface area contributed by atoms with Crippen LogP contribution in [-0.2, 0) is 15.1 Å². The van der Waals surface area contributed by atoms with Crippen molar-refractivity contribution in [3.8, 4) is 11.5 Å². The van der Waals surface area contributed by atoms with Crippen LogP contribution in [0.2, 0.25) is 0 Å². The molecular weight excluding hydrogens is 472 g/mol. The van der Waals surface area contributed by atoms with E-state index in [-0.39, 0.29) is 23.9 Å². The Hall–Kier alpha value is -2.81. The number of nitrogens with zero attached hydrogens (tertiary/aromatic N) is 1. The van der Waals surface area contributed by atoms with Crippen LogP contribution in [0.4, 0.5) is 0 Å². The van der Waals surface area contributed by atoms with Crippen LogP contribution in [0.25, 0.3) is 0 Å². The van der Waals surface area contributed by atoms with Crippen molar-refractivity contribution in [1.29, 1.82) is 0 Å². The van der Waals surface area contributed by atoms with Crippen LogP contribution < -0.4 is 14.8 Å². The molecule has 0 atom stereocenters. The third-order valence-electron chi connectivity index (χ3n) is 7.02. The lowest BCUT2D eigenvalue weighted by atomic mass is 9.86. The second kappa shape index (κ2) is 11.3. The van der Waals surface area contributed by atoms with Crippen LogP contribution in [0, 0.1) is 0 Å². The molecule has 1 heterocycles. The first-order valence-corrected chi connectivity index (χ1v) is 11.6. The third-order valence-corrected chi connectivity index (χ3v) is 7.02. The van der Waals surface area contributed by atoms with Crippen molar-refractivity contribution >= 4 is 24.3 Å². The molecule has 0 unspecified atom stereocenters. The minimum absolute atomic E-state index is 0. The molecule has 0 spiro atoms. The van der Waals surface area contributed by atoms with E-state index in [9.17, 15) is 9.59 Å². The monoisotopic (exact) mass is 504 g/mol. The average molecular weight is 505 g/mol. The van der Waals surface area contributed by atoms with Gasteiger partial charge in [0.05, 0.1) is 18.2 Å². The summed E-state index contributed by atoms with van der Waals surface area (Å²) in [5, 5.41) is 12.5. The van der Waals surface area contributed by atoms with E-state index in [0.29, 0.717) is 39.2 Å². The van der Waals surface area contributed by atoms with Gasteiger partial charge in [0.25, 0.3) is 0 Å². The number of methoxy groups -OCH3 is 1. The summed E-state index contributed by atoms with van der Waals surface area (Å²) < 4.78 is 16.7. The molecule has 0 aromatic heterocycles. The fourth-order valence-electron chi connectivity index (χ4n) is 4.55. The fourth-order valence-corrected chi connectivity index (χ4v) is 4.55. The molecule has 2 fully saturated rings. The largest absolute Gasteiger partial charge is 0.497 e. The van der Waals surface area contributed by atoms with Crippen LogP contribution in [0.15, 0.2) is 48.5 Å². The normalized spacial score (nSPS) is 17.7. The zero-order chi connectivity index (χ0) is 24.2. The summed E-state index contributed by atoms with van der Waals surface area (Å²) in [5.74, 6) is 0.554. The molecule has 190 valence electrons. The Morgan fingerprint density at radius 1 is 1.00 bits per heavy atom. The molecule has 0 radical (unpaired) electrons. The lowest BCUT2D eigenvalue weighted by Gasteiger charge is -2.43. The van der Waals surface area contributed by atoms with Crippen molar-refractivity contribution in [3.63, 3.8) is 0 Å². The highest BCUT2D eigenvalue weighted by Crippen LogP contribution is 2.46. The number of likely N-dealkylation sites (N-methyl/N-ethyl adjacent to an activating group) is 1. The maximum atomic E-state index is 13.7. The quantitative estimate of drug-likeness (QED) is 0.511. The van der Waals surface area contributed by atoms with E-state index >= 15 is 0 Å². The highest BCUT2D eigenvalue weighted by molar-refractivity contribution is 5.88. The summed E-state index contributed by atoms with van der Waals surface area (Å²) in [6.07, 6.45) is 2.88. The summed E-state index contributed by atoms with van der Waals surface area (Å²) in [6.45, 7) is 2.08. The van der Waals surface area contributed by atoms with Gasteiger partial charge in [0.1, 0.15) is 23.6 Å². The minimum atomic E-state index is -0.958. The van der Waals surface area contributed by atoms with Crippen molar-refractivity contribution in [1.82, 2.24) is 10.2 Å². The number of hydrogen-bond acceptors (Lipinski definition) is 6. The van der Waals surface area contributed by atoms with E-state index in [0.717, 1.165) is 29.9 Å². The smallest absolute Gasteiger partial charge is 0.335 e. The highest BCUT2D eigenvalue weighted by atomic mass is 35.5. The van der Waals surface area contributed by atoms with Gasteiger partial charge in [-0.1, -0.05) is 12.1 Å². The predicted molar refractivity (Wildman–Crippen MR) is 134 cm³/mol. The number of halogens is 1. The van der Waals surface area contributed by atoms with Gasteiger partial charge in [-0.25, -0.2) is 4.79 Å². The predicted octanol–water partition coefficient (Wildman–Crippen LogP) is 3.48. The number of rotatable bonds is 10. The Bertz CT molecular complexity index is 1000. The van der Waals surface area contributed by atoms with Crippen molar-refractivity contribution in [3.05, 3.63) is 59.7 Å². The number of carbonyl (C=O) groups excluding carboxylic acids is 1. The molecule has 2 aromatic rings. The molecule has 1 aliphatic heterocycles. The summed E-state index contributed by atoms with van der Waals surface area (Å²) >= 11 is 0. The summed E-state index contributed by atoms with van der Waals surface area (Å²) in [7, 11) is 3.59. The maximum absolute atomic E-state index is 13.7. The van der Waals surface area contributed by atoms with Crippen LogP contribution in [-0.4, -0.2) is 67.9 Å². The number of nitrogens with one attached hydrogen (secondary N) is 1. The van der Waals surface area contributed by atoms with Crippen LogP contribution >= 0.6 is 12.4 Å². The second-order valence-corrected chi connectivity index (χ2v) is 9.01. The lowest BCUT2D eigenvalue weighted by Crippen LogP contribution is -2.62. The molecule has 0 bridgehead atoms. The van der Waals surface area contributed by atoms with E-state index in [4.69, 9.17) is 19.3 Å². The van der Waals surface area contributed by atoms with Gasteiger partial charge in [0.15, 0.2) is 0 Å². The second-order valence-electron chi connectivity index (χ2n) is 9.01. The van der Waals surface area contributed by atoms with Gasteiger partial charge in [-0.2, -0.15) is 0 Å². The first-order valence-electron chi connectivity index (χ1n) is 11.6. The third kappa shape index (κ3) is 5.89. The Labute approximate surface area is 212 Å². The zero-order valence-corrected chi connectivity index (χ0v) is 20.9. The molecule has 2 N–H and O–H groups in total. The Morgan fingerprint density at radius 3 is 2.14 bits per heavy atom. The van der Waals surface area contributed by atoms with Gasteiger partial charge in [0.2, 0.25) is 5.91 Å². The van der Waals surface area contributed by atoms with Gasteiger partial charge >= 0.3 is 5.97 Å². The van der Waals surface area contributed by atoms with Gasteiger partial charge in [-0.3, -0.25) is 9.69 Å². The molecule has 2 aromatic carbocycles. The minimum Gasteiger partial charge on any atom is -0.497 e. The molecule has 2 aliphatic rings. The number of hydrogen-bond donors (Lipinski definition) is 2. The van der Waals surface area contributed by atoms with E-state index in [1.54, 1.807) is 31.4 Å². The molecule has 1 amide bonds. The number of aromatic carboxylic acids is 1. The van der Waals surface area contributed by atoms with E-state index in [1.165, 1.54) is 0 Å². The Kier molecular flexibility index (Phi) is 8.64.